The number of nitrogens with zero attached hydrogens (tertiary/aromatic N) is 2. The van der Waals surface area contributed by atoms with Gasteiger partial charge in [-0.25, -0.2) is 4.39 Å². The van der Waals surface area contributed by atoms with Gasteiger partial charge in [0.25, 0.3) is 0 Å². The van der Waals surface area contributed by atoms with Crippen LogP contribution >= 0.6 is 11.6 Å². The summed E-state index contributed by atoms with van der Waals surface area (Å²) in [5.74, 6) is -0.436. The number of piperazine rings is 1. The molecule has 8 unspecified atom stereocenters. The highest BCUT2D eigenvalue weighted by Gasteiger charge is 2.47. The Labute approximate surface area is 194 Å². The molecule has 4 fully saturated rings. The molecule has 4 aliphatic rings. The van der Waals surface area contributed by atoms with Gasteiger partial charge in [0.15, 0.2) is 0 Å². The van der Waals surface area contributed by atoms with Crippen LogP contribution in [0.3, 0.4) is 0 Å². The van der Waals surface area contributed by atoms with Crippen molar-refractivity contribution in [3.63, 3.8) is 0 Å². The summed E-state index contributed by atoms with van der Waals surface area (Å²) in [4.78, 5) is 17.4. The molecule has 4 rings (SSSR count). The summed E-state index contributed by atoms with van der Waals surface area (Å²) in [5.41, 5.74) is 0. The number of aliphatic hydroxyl groups is 2. The minimum atomic E-state index is -1.05. The van der Waals surface area contributed by atoms with E-state index in [1.54, 1.807) is 0 Å². The van der Waals surface area contributed by atoms with Crippen molar-refractivity contribution in [3.8, 4) is 0 Å². The lowest BCUT2D eigenvalue weighted by Crippen LogP contribution is -2.61. The molecule has 10 heteroatoms. The second kappa shape index (κ2) is 11.3. The zero-order valence-electron chi connectivity index (χ0n) is 18.7. The second-order valence-electron chi connectivity index (χ2n) is 9.70. The summed E-state index contributed by atoms with van der Waals surface area (Å²) in [5, 5.41) is 26.4. The van der Waals surface area contributed by atoms with E-state index in [9.17, 15) is 19.4 Å². The van der Waals surface area contributed by atoms with E-state index in [2.05, 4.69) is 20.4 Å². The van der Waals surface area contributed by atoms with E-state index in [4.69, 9.17) is 16.3 Å². The maximum atomic E-state index is 13.6. The van der Waals surface area contributed by atoms with Crippen molar-refractivity contribution in [2.24, 2.45) is 5.92 Å². The normalized spacial score (nSPS) is 42.1. The average Bonchev–Trinajstić information content (AvgIpc) is 3.15. The van der Waals surface area contributed by atoms with Crippen LogP contribution in [0, 0.1) is 5.92 Å². The molecule has 8 atom stereocenters. The lowest BCUT2D eigenvalue weighted by Gasteiger charge is -2.44. The Morgan fingerprint density at radius 1 is 1.12 bits per heavy atom. The Morgan fingerprint density at radius 3 is 2.53 bits per heavy atom. The Kier molecular flexibility index (Phi) is 8.64. The van der Waals surface area contributed by atoms with Crippen molar-refractivity contribution in [1.29, 1.82) is 0 Å². The zero-order chi connectivity index (χ0) is 22.7. The van der Waals surface area contributed by atoms with E-state index in [1.165, 1.54) is 19.3 Å². The fraction of sp³-hybridized carbons (Fsp3) is 0.955. The summed E-state index contributed by atoms with van der Waals surface area (Å²) < 4.78 is 19.6. The topological polar surface area (TPSA) is 97.3 Å². The van der Waals surface area contributed by atoms with E-state index in [1.807, 2.05) is 0 Å². The summed E-state index contributed by atoms with van der Waals surface area (Å²) >= 11 is 6.03. The van der Waals surface area contributed by atoms with Crippen LogP contribution in [0.2, 0.25) is 0 Å². The van der Waals surface area contributed by atoms with Gasteiger partial charge in [-0.3, -0.25) is 14.6 Å². The van der Waals surface area contributed by atoms with Crippen LogP contribution in [0.4, 0.5) is 4.39 Å². The van der Waals surface area contributed by atoms with Gasteiger partial charge in [0, 0.05) is 38.6 Å². The number of halogens is 2. The third kappa shape index (κ3) is 5.56. The summed E-state index contributed by atoms with van der Waals surface area (Å²) in [6.07, 6.45) is 2.30. The molecular weight excluding hydrogens is 439 g/mol. The SMILES string of the molecule is O=C(NCC1OC(CO)C(O)C1N1CCN(C2CCCCN2)CC1)C1CCC(F)C(Cl)C1. The van der Waals surface area contributed by atoms with E-state index in [0.717, 1.165) is 32.7 Å². The molecule has 0 aromatic rings. The maximum absolute atomic E-state index is 13.6. The van der Waals surface area contributed by atoms with E-state index in [0.29, 0.717) is 25.4 Å². The van der Waals surface area contributed by atoms with Crippen LogP contribution in [-0.2, 0) is 9.53 Å². The highest BCUT2D eigenvalue weighted by Crippen LogP contribution is 2.31. The van der Waals surface area contributed by atoms with Gasteiger partial charge in [-0.15, -0.1) is 11.6 Å². The second-order valence-corrected chi connectivity index (χ2v) is 10.3. The van der Waals surface area contributed by atoms with Crippen LogP contribution in [0.5, 0.6) is 0 Å². The molecule has 1 aliphatic carbocycles. The molecule has 32 heavy (non-hydrogen) atoms. The van der Waals surface area contributed by atoms with Crippen LogP contribution < -0.4 is 10.6 Å². The molecule has 0 aromatic heterocycles. The number of alkyl halides is 2. The van der Waals surface area contributed by atoms with Crippen molar-refractivity contribution in [2.45, 2.75) is 80.6 Å². The minimum Gasteiger partial charge on any atom is -0.394 e. The number of nitrogens with one attached hydrogen (secondary N) is 2. The number of amides is 1. The third-order valence-electron chi connectivity index (χ3n) is 7.68. The van der Waals surface area contributed by atoms with Gasteiger partial charge in [0.2, 0.25) is 5.91 Å². The van der Waals surface area contributed by atoms with E-state index >= 15 is 0 Å². The summed E-state index contributed by atoms with van der Waals surface area (Å²) in [6.45, 7) is 4.49. The number of aliphatic hydroxyl groups excluding tert-OH is 2. The predicted octanol–water partition coefficient (Wildman–Crippen LogP) is 0.0546. The van der Waals surface area contributed by atoms with E-state index < -0.39 is 29.9 Å². The van der Waals surface area contributed by atoms with Crippen molar-refractivity contribution in [2.75, 3.05) is 45.9 Å². The molecule has 4 N–H and O–H groups in total. The van der Waals surface area contributed by atoms with E-state index in [-0.39, 0.29) is 31.0 Å². The Bertz CT molecular complexity index is 621. The van der Waals surface area contributed by atoms with Crippen LogP contribution in [0.25, 0.3) is 0 Å². The first kappa shape index (κ1) is 24.6. The number of carbonyl (C=O) groups is 1. The maximum Gasteiger partial charge on any atom is 0.223 e. The Balaban J connectivity index is 1.31. The monoisotopic (exact) mass is 476 g/mol. The molecule has 3 aliphatic heterocycles. The highest BCUT2D eigenvalue weighted by molar-refractivity contribution is 6.21. The number of carbonyl (C=O) groups excluding carboxylic acids is 1. The first-order chi connectivity index (χ1) is 15.5. The van der Waals surface area contributed by atoms with Gasteiger partial charge in [-0.05, 0) is 45.1 Å². The largest absolute Gasteiger partial charge is 0.394 e. The zero-order valence-corrected chi connectivity index (χ0v) is 19.4. The minimum absolute atomic E-state index is 0.139. The molecule has 184 valence electrons. The van der Waals surface area contributed by atoms with Crippen LogP contribution in [0.1, 0.15) is 38.5 Å². The fourth-order valence-corrected chi connectivity index (χ4v) is 6.09. The van der Waals surface area contributed by atoms with Crippen LogP contribution in [0.15, 0.2) is 0 Å². The van der Waals surface area contributed by atoms with Gasteiger partial charge in [-0.1, -0.05) is 0 Å². The number of hydrogen-bond acceptors (Lipinski definition) is 7. The van der Waals surface area contributed by atoms with Crippen molar-refractivity contribution < 1.29 is 24.1 Å². The lowest BCUT2D eigenvalue weighted by atomic mass is 9.87. The van der Waals surface area contributed by atoms with Crippen LogP contribution in [-0.4, -0.2) is 114 Å². The quantitative estimate of drug-likeness (QED) is 0.402. The van der Waals surface area contributed by atoms with Gasteiger partial charge in [0.05, 0.1) is 30.3 Å². The average molecular weight is 477 g/mol. The number of ether oxygens (including phenoxy) is 1. The molecule has 3 saturated heterocycles. The summed E-state index contributed by atoms with van der Waals surface area (Å²) in [6, 6.07) is -0.281. The molecule has 8 nitrogen and oxygen atoms in total. The Hall–Kier alpha value is -0.550. The molecule has 1 amide bonds. The molecular formula is C22H38ClFN4O4. The number of rotatable bonds is 6. The summed E-state index contributed by atoms with van der Waals surface area (Å²) in [7, 11) is 0. The standard InChI is InChI=1S/C22H38ClFN4O4/c23-15-11-14(4-5-16(15)24)22(31)26-12-17-20(21(30)18(13-29)32-17)28-9-7-27(8-10-28)19-3-1-2-6-25-19/h14-21,25,29-30H,1-13H2,(H,26,31). The van der Waals surface area contributed by atoms with Gasteiger partial charge in [0.1, 0.15) is 18.4 Å². The van der Waals surface area contributed by atoms with Crippen molar-refractivity contribution in [1.82, 2.24) is 20.4 Å². The smallest absolute Gasteiger partial charge is 0.223 e. The Morgan fingerprint density at radius 2 is 1.88 bits per heavy atom. The molecule has 3 heterocycles. The van der Waals surface area contributed by atoms with Gasteiger partial charge in [-0.2, -0.15) is 0 Å². The molecule has 0 radical (unpaired) electrons. The first-order valence-electron chi connectivity index (χ1n) is 12.2. The highest BCUT2D eigenvalue weighted by atomic mass is 35.5. The third-order valence-corrected chi connectivity index (χ3v) is 8.13. The number of hydrogen-bond donors (Lipinski definition) is 4. The van der Waals surface area contributed by atoms with Gasteiger partial charge < -0.3 is 25.6 Å². The van der Waals surface area contributed by atoms with Crippen molar-refractivity contribution in [3.05, 3.63) is 0 Å². The van der Waals surface area contributed by atoms with Gasteiger partial charge >= 0.3 is 0 Å². The lowest BCUT2D eigenvalue weighted by molar-refractivity contribution is -0.127. The molecule has 0 bridgehead atoms. The first-order valence-corrected chi connectivity index (χ1v) is 12.6. The van der Waals surface area contributed by atoms with Crippen molar-refractivity contribution >= 4 is 17.5 Å². The molecule has 1 saturated carbocycles. The molecule has 0 spiro atoms. The number of piperidine rings is 1. The fourth-order valence-electron chi connectivity index (χ4n) is 5.75. The molecule has 0 aromatic carbocycles. The predicted molar refractivity (Wildman–Crippen MR) is 119 cm³/mol.